The summed E-state index contributed by atoms with van der Waals surface area (Å²) in [6, 6.07) is 61.6. The number of benzene rings is 8. The average Bonchev–Trinajstić information content (AvgIpc) is 3.81. The third-order valence-corrected chi connectivity index (χ3v) is 14.0. The molecule has 1 atom stereocenters. The third-order valence-electron chi connectivity index (χ3n) is 14.0. The van der Waals surface area contributed by atoms with Gasteiger partial charge >= 0.3 is 0 Å². The second-order valence-corrected chi connectivity index (χ2v) is 16.9. The number of hydrogen-bond donors (Lipinski definition) is 0. The Morgan fingerprint density at radius 1 is 0.351 bits per heavy atom. The van der Waals surface area contributed by atoms with Gasteiger partial charge in [-0.05, 0) is 164 Å². The van der Waals surface area contributed by atoms with Crippen molar-refractivity contribution in [2.45, 2.75) is 52.4 Å². The van der Waals surface area contributed by atoms with Crippen LogP contribution in [0.15, 0.2) is 164 Å². The first-order valence-electron chi connectivity index (χ1n) is 20.4. The van der Waals surface area contributed by atoms with Gasteiger partial charge in [0.1, 0.15) is 0 Å². The molecule has 11 rings (SSSR count). The van der Waals surface area contributed by atoms with E-state index in [1.807, 2.05) is 0 Å². The first-order valence-corrected chi connectivity index (χ1v) is 20.4. The zero-order valence-corrected chi connectivity index (χ0v) is 33.5. The number of rotatable bonds is 4. The highest BCUT2D eigenvalue weighted by molar-refractivity contribution is 6.00. The van der Waals surface area contributed by atoms with Crippen LogP contribution in [0, 0.1) is 27.7 Å². The van der Waals surface area contributed by atoms with Crippen LogP contribution >= 0.6 is 0 Å². The summed E-state index contributed by atoms with van der Waals surface area (Å²) >= 11 is 0. The summed E-state index contributed by atoms with van der Waals surface area (Å²) in [6.45, 7) is 14.1. The van der Waals surface area contributed by atoms with E-state index < -0.39 is 5.41 Å². The van der Waals surface area contributed by atoms with Gasteiger partial charge in [-0.25, -0.2) is 0 Å². The molecule has 0 aromatic heterocycles. The fourth-order valence-electron chi connectivity index (χ4n) is 11.1. The minimum Gasteiger partial charge on any atom is -0.310 e. The van der Waals surface area contributed by atoms with Gasteiger partial charge < -0.3 is 4.90 Å². The summed E-state index contributed by atoms with van der Waals surface area (Å²) in [5.41, 5.74) is 27.4. The Hall–Kier alpha value is -6.44. The van der Waals surface area contributed by atoms with Crippen LogP contribution in [0.4, 0.5) is 17.1 Å². The Kier molecular flexibility index (Phi) is 7.15. The first-order chi connectivity index (χ1) is 27.7. The predicted octanol–water partition coefficient (Wildman–Crippen LogP) is 14.7. The van der Waals surface area contributed by atoms with E-state index in [4.69, 9.17) is 0 Å². The van der Waals surface area contributed by atoms with Crippen molar-refractivity contribution in [3.8, 4) is 44.5 Å². The maximum atomic E-state index is 2.44. The van der Waals surface area contributed by atoms with Crippen molar-refractivity contribution >= 4 is 17.1 Å². The summed E-state index contributed by atoms with van der Waals surface area (Å²) in [5, 5.41) is 0. The Balaban J connectivity index is 1.16. The molecule has 0 aliphatic heterocycles. The zero-order chi connectivity index (χ0) is 38.8. The molecule has 1 nitrogen and oxygen atoms in total. The lowest BCUT2D eigenvalue weighted by Gasteiger charge is -2.34. The van der Waals surface area contributed by atoms with Gasteiger partial charge in [0.05, 0.1) is 5.41 Å². The van der Waals surface area contributed by atoms with Gasteiger partial charge in [-0.3, -0.25) is 0 Å². The molecule has 0 heterocycles. The highest BCUT2D eigenvalue weighted by Gasteiger charge is 2.54. The molecule has 3 aliphatic carbocycles. The maximum Gasteiger partial charge on any atom is 0.0734 e. The summed E-state index contributed by atoms with van der Waals surface area (Å²) in [7, 11) is 0. The molecule has 57 heavy (non-hydrogen) atoms. The summed E-state index contributed by atoms with van der Waals surface area (Å²) in [4.78, 5) is 2.44. The number of nitrogens with zero attached hydrogens (tertiary/aromatic N) is 1. The second-order valence-electron chi connectivity index (χ2n) is 16.9. The van der Waals surface area contributed by atoms with Gasteiger partial charge in [0.15, 0.2) is 0 Å². The molecule has 1 unspecified atom stereocenters. The molecular formula is C56H45N. The molecule has 0 fully saturated rings. The lowest BCUT2D eigenvalue weighted by atomic mass is 9.67. The molecule has 1 heteroatoms. The van der Waals surface area contributed by atoms with Crippen molar-refractivity contribution in [1.29, 1.82) is 0 Å². The van der Waals surface area contributed by atoms with E-state index in [1.165, 1.54) is 100 Å². The average molecular weight is 732 g/mol. The molecule has 0 amide bonds. The van der Waals surface area contributed by atoms with E-state index in [2.05, 4.69) is 210 Å². The van der Waals surface area contributed by atoms with Crippen molar-refractivity contribution in [2.24, 2.45) is 0 Å². The predicted molar refractivity (Wildman–Crippen MR) is 239 cm³/mol. The molecule has 3 aliphatic rings. The van der Waals surface area contributed by atoms with Crippen LogP contribution in [0.1, 0.15) is 69.5 Å². The van der Waals surface area contributed by atoms with Crippen LogP contribution in [0.3, 0.4) is 0 Å². The minimum atomic E-state index is -0.447. The highest BCUT2D eigenvalue weighted by atomic mass is 15.1. The smallest absolute Gasteiger partial charge is 0.0734 e. The van der Waals surface area contributed by atoms with E-state index in [9.17, 15) is 0 Å². The van der Waals surface area contributed by atoms with Crippen LogP contribution in [0.5, 0.6) is 0 Å². The summed E-state index contributed by atoms with van der Waals surface area (Å²) in [6.07, 6.45) is 0. The zero-order valence-electron chi connectivity index (χ0n) is 33.5. The quantitative estimate of drug-likeness (QED) is 0.174. The number of anilines is 3. The highest BCUT2D eigenvalue weighted by Crippen LogP contribution is 2.66. The molecule has 0 bridgehead atoms. The topological polar surface area (TPSA) is 3.24 Å². The third kappa shape index (κ3) is 4.40. The summed E-state index contributed by atoms with van der Waals surface area (Å²) in [5.74, 6) is 0. The van der Waals surface area contributed by atoms with Crippen LogP contribution < -0.4 is 4.90 Å². The number of fused-ring (bicyclic) bond motifs is 13. The van der Waals surface area contributed by atoms with E-state index in [0.29, 0.717) is 0 Å². The molecular weight excluding hydrogens is 687 g/mol. The Morgan fingerprint density at radius 3 is 1.63 bits per heavy atom. The fourth-order valence-corrected chi connectivity index (χ4v) is 11.1. The minimum absolute atomic E-state index is 0.0959. The SMILES string of the molecule is Cc1c(C)c(C)c2c(c1C)-c1ccccc1C21c2ccccc2-c2cccc(-c3cccc(N(c4ccccc4)c4ccc5c(c4)C(C)(C)c4ccccc4-5)c3)c21. The van der Waals surface area contributed by atoms with E-state index >= 15 is 0 Å². The monoisotopic (exact) mass is 731 g/mol. The molecule has 8 aromatic carbocycles. The van der Waals surface area contributed by atoms with E-state index in [-0.39, 0.29) is 5.41 Å². The molecule has 1 spiro atoms. The van der Waals surface area contributed by atoms with Gasteiger partial charge in [0.25, 0.3) is 0 Å². The molecule has 0 N–H and O–H groups in total. The molecule has 274 valence electrons. The Labute approximate surface area is 336 Å². The number of para-hydroxylation sites is 1. The molecule has 0 saturated heterocycles. The summed E-state index contributed by atoms with van der Waals surface area (Å²) < 4.78 is 0. The molecule has 0 radical (unpaired) electrons. The van der Waals surface area contributed by atoms with Gasteiger partial charge in [-0.2, -0.15) is 0 Å². The fraction of sp³-hybridized carbons (Fsp3) is 0.143. The van der Waals surface area contributed by atoms with E-state index in [0.717, 1.165) is 17.1 Å². The van der Waals surface area contributed by atoms with Crippen molar-refractivity contribution in [3.63, 3.8) is 0 Å². The van der Waals surface area contributed by atoms with Gasteiger partial charge in [-0.15, -0.1) is 0 Å². The Bertz CT molecular complexity index is 2980. The van der Waals surface area contributed by atoms with Crippen LogP contribution in [0.2, 0.25) is 0 Å². The number of hydrogen-bond acceptors (Lipinski definition) is 1. The van der Waals surface area contributed by atoms with Crippen LogP contribution in [-0.4, -0.2) is 0 Å². The lowest BCUT2D eigenvalue weighted by Crippen LogP contribution is -2.28. The Morgan fingerprint density at radius 2 is 0.877 bits per heavy atom. The van der Waals surface area contributed by atoms with Crippen molar-refractivity contribution < 1.29 is 0 Å². The van der Waals surface area contributed by atoms with Gasteiger partial charge in [-0.1, -0.05) is 141 Å². The first kappa shape index (κ1) is 33.9. The molecule has 0 saturated carbocycles. The second kappa shape index (κ2) is 12.0. The normalized spacial score (nSPS) is 16.1. The van der Waals surface area contributed by atoms with Crippen molar-refractivity contribution in [1.82, 2.24) is 0 Å². The largest absolute Gasteiger partial charge is 0.310 e. The lowest BCUT2D eigenvalue weighted by molar-refractivity contribution is 0.660. The molecule has 8 aromatic rings. The van der Waals surface area contributed by atoms with Gasteiger partial charge in [0, 0.05) is 22.5 Å². The van der Waals surface area contributed by atoms with E-state index in [1.54, 1.807) is 0 Å². The van der Waals surface area contributed by atoms with Crippen molar-refractivity contribution in [3.05, 3.63) is 219 Å². The van der Waals surface area contributed by atoms with Crippen molar-refractivity contribution in [2.75, 3.05) is 4.90 Å². The van der Waals surface area contributed by atoms with Crippen LogP contribution in [0.25, 0.3) is 44.5 Å². The van der Waals surface area contributed by atoms with Crippen LogP contribution in [-0.2, 0) is 10.8 Å². The standard InChI is InChI=1S/C56H45N/c1-34-35(2)37(4)53-52(36(34)3)47-24-12-15-29-50(47)56(53)49-28-14-11-23-44(49)46-26-17-25-42(54(46)56)38-18-16-21-40(32-38)57(39-19-8-7-9-20-39)41-30-31-45-43-22-10-13-27-48(43)55(5,6)51(45)33-41/h7-33H,1-6H3. The maximum absolute atomic E-state index is 2.44. The van der Waals surface area contributed by atoms with Gasteiger partial charge in [0.2, 0.25) is 0 Å².